The van der Waals surface area contributed by atoms with Crippen LogP contribution in [0.1, 0.15) is 39.5 Å². The van der Waals surface area contributed by atoms with Gasteiger partial charge in [0, 0.05) is 25.6 Å². The number of hydrogen-bond acceptors (Lipinski definition) is 3. The molecule has 0 bridgehead atoms. The van der Waals surface area contributed by atoms with Crippen molar-refractivity contribution >= 4 is 5.91 Å². The van der Waals surface area contributed by atoms with Gasteiger partial charge in [-0.05, 0) is 38.3 Å². The predicted octanol–water partition coefficient (Wildman–Crippen LogP) is 0.962. The molecule has 0 aromatic carbocycles. The first-order valence-corrected chi connectivity index (χ1v) is 6.86. The van der Waals surface area contributed by atoms with Gasteiger partial charge in [0.25, 0.3) is 0 Å². The first-order chi connectivity index (χ1) is 8.11. The van der Waals surface area contributed by atoms with Crippen LogP contribution in [0.25, 0.3) is 0 Å². The maximum absolute atomic E-state index is 11.5. The van der Waals surface area contributed by atoms with Gasteiger partial charge in [-0.3, -0.25) is 4.79 Å². The first kappa shape index (κ1) is 14.5. The molecule has 1 saturated heterocycles. The van der Waals surface area contributed by atoms with E-state index in [0.717, 1.165) is 25.4 Å². The molecule has 1 aliphatic rings. The lowest BCUT2D eigenvalue weighted by molar-refractivity contribution is -0.121. The number of amides is 1. The summed E-state index contributed by atoms with van der Waals surface area (Å²) in [5.41, 5.74) is 5.73. The van der Waals surface area contributed by atoms with Gasteiger partial charge in [0.05, 0.1) is 0 Å². The molecule has 1 aliphatic heterocycles. The monoisotopic (exact) mass is 241 g/mol. The van der Waals surface area contributed by atoms with Crippen LogP contribution in [0, 0.1) is 5.92 Å². The topological polar surface area (TPSA) is 58.4 Å². The Labute approximate surface area is 105 Å². The number of rotatable bonds is 6. The maximum atomic E-state index is 11.5. The summed E-state index contributed by atoms with van der Waals surface area (Å²) in [5.74, 6) is 0.952. The highest BCUT2D eigenvalue weighted by Gasteiger charge is 2.15. The molecule has 17 heavy (non-hydrogen) atoms. The number of nitrogens with zero attached hydrogens (tertiary/aromatic N) is 1. The lowest BCUT2D eigenvalue weighted by atomic mass is 9.99. The van der Waals surface area contributed by atoms with E-state index in [1.807, 2.05) is 6.92 Å². The Balaban J connectivity index is 2.05. The van der Waals surface area contributed by atoms with Crippen molar-refractivity contribution in [1.29, 1.82) is 0 Å². The maximum Gasteiger partial charge on any atom is 0.221 e. The van der Waals surface area contributed by atoms with Crippen LogP contribution in [0.3, 0.4) is 0 Å². The molecule has 1 heterocycles. The third-order valence-electron chi connectivity index (χ3n) is 3.60. The smallest absolute Gasteiger partial charge is 0.221 e. The summed E-state index contributed by atoms with van der Waals surface area (Å²) >= 11 is 0. The van der Waals surface area contributed by atoms with Gasteiger partial charge >= 0.3 is 0 Å². The summed E-state index contributed by atoms with van der Waals surface area (Å²) in [7, 11) is 0. The first-order valence-electron chi connectivity index (χ1n) is 6.86. The molecule has 0 spiro atoms. The largest absolute Gasteiger partial charge is 0.355 e. The Morgan fingerprint density at radius 2 is 2.12 bits per heavy atom. The van der Waals surface area contributed by atoms with Gasteiger partial charge in [-0.25, -0.2) is 0 Å². The SMILES string of the molecule is CCC(N)CC(=O)NCCN1CCC(C)CC1. The normalized spacial score (nSPS) is 20.2. The van der Waals surface area contributed by atoms with E-state index in [1.165, 1.54) is 25.9 Å². The second-order valence-corrected chi connectivity index (χ2v) is 5.25. The molecule has 100 valence electrons. The number of carbonyl (C=O) groups is 1. The molecule has 1 amide bonds. The summed E-state index contributed by atoms with van der Waals surface area (Å²) in [4.78, 5) is 13.9. The highest BCUT2D eigenvalue weighted by atomic mass is 16.1. The van der Waals surface area contributed by atoms with E-state index in [-0.39, 0.29) is 11.9 Å². The predicted molar refractivity (Wildman–Crippen MR) is 70.7 cm³/mol. The van der Waals surface area contributed by atoms with Crippen LogP contribution in [-0.2, 0) is 4.79 Å². The number of nitrogens with one attached hydrogen (secondary N) is 1. The van der Waals surface area contributed by atoms with Gasteiger partial charge in [0.15, 0.2) is 0 Å². The third kappa shape index (κ3) is 6.03. The van der Waals surface area contributed by atoms with Crippen LogP contribution >= 0.6 is 0 Å². The molecule has 0 saturated carbocycles. The fraction of sp³-hybridized carbons (Fsp3) is 0.923. The number of hydrogen-bond donors (Lipinski definition) is 2. The van der Waals surface area contributed by atoms with E-state index in [9.17, 15) is 4.79 Å². The molecule has 0 aromatic rings. The zero-order valence-electron chi connectivity index (χ0n) is 11.2. The van der Waals surface area contributed by atoms with Crippen molar-refractivity contribution in [1.82, 2.24) is 10.2 Å². The highest BCUT2D eigenvalue weighted by molar-refractivity contribution is 5.76. The highest BCUT2D eigenvalue weighted by Crippen LogP contribution is 2.14. The molecule has 4 heteroatoms. The van der Waals surface area contributed by atoms with Crippen LogP contribution in [0.5, 0.6) is 0 Å². The fourth-order valence-corrected chi connectivity index (χ4v) is 2.09. The van der Waals surface area contributed by atoms with Crippen molar-refractivity contribution in [2.45, 2.75) is 45.6 Å². The summed E-state index contributed by atoms with van der Waals surface area (Å²) in [5, 5.41) is 2.95. The third-order valence-corrected chi connectivity index (χ3v) is 3.60. The second-order valence-electron chi connectivity index (χ2n) is 5.25. The Hall–Kier alpha value is -0.610. The molecule has 3 N–H and O–H groups in total. The Bertz CT molecular complexity index is 225. The Morgan fingerprint density at radius 3 is 2.71 bits per heavy atom. The van der Waals surface area contributed by atoms with Gasteiger partial charge in [-0.1, -0.05) is 13.8 Å². The van der Waals surface area contributed by atoms with Crippen molar-refractivity contribution < 1.29 is 4.79 Å². The zero-order chi connectivity index (χ0) is 12.7. The molecule has 0 aromatic heterocycles. The molecule has 0 aliphatic carbocycles. The summed E-state index contributed by atoms with van der Waals surface area (Å²) < 4.78 is 0. The lowest BCUT2D eigenvalue weighted by Crippen LogP contribution is -2.40. The Morgan fingerprint density at radius 1 is 1.47 bits per heavy atom. The van der Waals surface area contributed by atoms with E-state index in [2.05, 4.69) is 17.1 Å². The molecule has 1 unspecified atom stereocenters. The molecular weight excluding hydrogens is 214 g/mol. The average Bonchev–Trinajstić information content (AvgIpc) is 2.31. The molecule has 1 atom stereocenters. The van der Waals surface area contributed by atoms with Crippen molar-refractivity contribution in [3.8, 4) is 0 Å². The van der Waals surface area contributed by atoms with Crippen LogP contribution < -0.4 is 11.1 Å². The molecule has 4 nitrogen and oxygen atoms in total. The number of piperidine rings is 1. The van der Waals surface area contributed by atoms with E-state index in [0.29, 0.717) is 6.42 Å². The van der Waals surface area contributed by atoms with Gasteiger partial charge in [0.1, 0.15) is 0 Å². The van der Waals surface area contributed by atoms with E-state index in [1.54, 1.807) is 0 Å². The molecular formula is C13H27N3O. The van der Waals surface area contributed by atoms with E-state index in [4.69, 9.17) is 5.73 Å². The quantitative estimate of drug-likeness (QED) is 0.728. The molecule has 0 radical (unpaired) electrons. The molecule has 1 fully saturated rings. The van der Waals surface area contributed by atoms with E-state index >= 15 is 0 Å². The van der Waals surface area contributed by atoms with Crippen molar-refractivity contribution in [3.63, 3.8) is 0 Å². The summed E-state index contributed by atoms with van der Waals surface area (Å²) in [6.45, 7) is 8.39. The standard InChI is InChI=1S/C13H27N3O/c1-3-12(14)10-13(17)15-6-9-16-7-4-11(2)5-8-16/h11-12H,3-10,14H2,1-2H3,(H,15,17). The van der Waals surface area contributed by atoms with Crippen LogP contribution in [-0.4, -0.2) is 43.0 Å². The lowest BCUT2D eigenvalue weighted by Gasteiger charge is -2.30. The minimum absolute atomic E-state index is 0.00540. The van der Waals surface area contributed by atoms with Crippen LogP contribution in [0.15, 0.2) is 0 Å². The van der Waals surface area contributed by atoms with Gasteiger partial charge in [-0.15, -0.1) is 0 Å². The fourth-order valence-electron chi connectivity index (χ4n) is 2.09. The zero-order valence-corrected chi connectivity index (χ0v) is 11.2. The van der Waals surface area contributed by atoms with Crippen LogP contribution in [0.4, 0.5) is 0 Å². The van der Waals surface area contributed by atoms with Gasteiger partial charge in [0.2, 0.25) is 5.91 Å². The average molecular weight is 241 g/mol. The summed E-state index contributed by atoms with van der Waals surface area (Å²) in [6, 6.07) is 0.00540. The summed E-state index contributed by atoms with van der Waals surface area (Å²) in [6.07, 6.45) is 3.88. The second kappa shape index (κ2) is 7.67. The molecule has 1 rings (SSSR count). The number of likely N-dealkylation sites (tertiary alicyclic amines) is 1. The number of carbonyl (C=O) groups excluding carboxylic acids is 1. The van der Waals surface area contributed by atoms with Crippen molar-refractivity contribution in [3.05, 3.63) is 0 Å². The van der Waals surface area contributed by atoms with Crippen molar-refractivity contribution in [2.75, 3.05) is 26.2 Å². The Kier molecular flexibility index (Phi) is 6.52. The minimum atomic E-state index is 0.00540. The van der Waals surface area contributed by atoms with Crippen LogP contribution in [0.2, 0.25) is 0 Å². The minimum Gasteiger partial charge on any atom is -0.355 e. The van der Waals surface area contributed by atoms with E-state index < -0.39 is 0 Å². The van der Waals surface area contributed by atoms with Gasteiger partial charge < -0.3 is 16.0 Å². The van der Waals surface area contributed by atoms with Crippen molar-refractivity contribution in [2.24, 2.45) is 11.7 Å². The number of nitrogens with two attached hydrogens (primary N) is 1. The van der Waals surface area contributed by atoms with Gasteiger partial charge in [-0.2, -0.15) is 0 Å².